The topological polar surface area (TPSA) is 77.4 Å². The fourth-order valence-electron chi connectivity index (χ4n) is 2.40. The third-order valence-corrected chi connectivity index (χ3v) is 5.04. The van der Waals surface area contributed by atoms with Crippen LogP contribution in [-0.2, 0) is 9.53 Å². The van der Waals surface area contributed by atoms with Gasteiger partial charge in [0.05, 0.1) is 16.8 Å². The number of halogens is 1. The van der Waals surface area contributed by atoms with E-state index in [0.717, 1.165) is 17.7 Å². The molecular weight excluding hydrogens is 340 g/mol. The lowest BCUT2D eigenvalue weighted by atomic mass is 10.2. The second-order valence-corrected chi connectivity index (χ2v) is 7.16. The van der Waals surface area contributed by atoms with E-state index in [-0.39, 0.29) is 17.0 Å². The zero-order chi connectivity index (χ0) is 16.7. The summed E-state index contributed by atoms with van der Waals surface area (Å²) in [5, 5.41) is 2.92. The smallest absolute Gasteiger partial charge is 0.328 e. The molecule has 1 aliphatic carbocycles. The molecule has 0 spiro atoms. The van der Waals surface area contributed by atoms with Crippen LogP contribution in [0.15, 0.2) is 17.1 Å². The lowest BCUT2D eigenvalue weighted by Crippen LogP contribution is -2.41. The molecule has 1 amide bonds. The van der Waals surface area contributed by atoms with Crippen molar-refractivity contribution in [1.29, 1.82) is 0 Å². The van der Waals surface area contributed by atoms with Crippen LogP contribution in [0.1, 0.15) is 36.2 Å². The monoisotopic (exact) mass is 354 g/mol. The van der Waals surface area contributed by atoms with E-state index in [1.165, 1.54) is 25.4 Å². The Morgan fingerprint density at radius 3 is 2.78 bits per heavy atom. The van der Waals surface area contributed by atoms with Crippen molar-refractivity contribution in [3.63, 3.8) is 0 Å². The third kappa shape index (κ3) is 2.98. The predicted octanol–water partition coefficient (Wildman–Crippen LogP) is 2.34. The van der Waals surface area contributed by atoms with E-state index in [1.54, 1.807) is 12.3 Å². The summed E-state index contributed by atoms with van der Waals surface area (Å²) in [5.41, 5.74) is -0.371. The Labute approximate surface area is 141 Å². The van der Waals surface area contributed by atoms with E-state index >= 15 is 0 Å². The number of carbonyl (C=O) groups excluding carboxylic acids is 2. The minimum atomic E-state index is -0.831. The van der Waals surface area contributed by atoms with Gasteiger partial charge in [-0.25, -0.2) is 4.79 Å². The van der Waals surface area contributed by atoms with Gasteiger partial charge in [-0.15, -0.1) is 11.3 Å². The van der Waals surface area contributed by atoms with Gasteiger partial charge in [0.15, 0.2) is 0 Å². The quantitative estimate of drug-likeness (QED) is 0.855. The highest BCUT2D eigenvalue weighted by Crippen LogP contribution is 2.39. The first-order valence-corrected chi connectivity index (χ1v) is 8.34. The van der Waals surface area contributed by atoms with Gasteiger partial charge < -0.3 is 14.6 Å². The highest BCUT2D eigenvalue weighted by atomic mass is 35.5. The van der Waals surface area contributed by atoms with Crippen molar-refractivity contribution in [2.45, 2.75) is 31.8 Å². The van der Waals surface area contributed by atoms with Crippen LogP contribution in [0.4, 0.5) is 0 Å². The maximum atomic E-state index is 12.6. The van der Waals surface area contributed by atoms with Crippen molar-refractivity contribution in [2.75, 3.05) is 7.11 Å². The molecule has 0 bridgehead atoms. The van der Waals surface area contributed by atoms with Crippen LogP contribution in [0.5, 0.6) is 0 Å². The van der Waals surface area contributed by atoms with Crippen LogP contribution in [-0.4, -0.2) is 29.6 Å². The molecule has 2 aromatic heterocycles. The van der Waals surface area contributed by atoms with E-state index < -0.39 is 17.9 Å². The number of pyridine rings is 1. The number of amides is 1. The number of fused-ring (bicyclic) bond motifs is 1. The van der Waals surface area contributed by atoms with Crippen molar-refractivity contribution in [2.24, 2.45) is 0 Å². The van der Waals surface area contributed by atoms with Crippen LogP contribution in [0, 0.1) is 0 Å². The molecule has 122 valence electrons. The van der Waals surface area contributed by atoms with Crippen LogP contribution in [0.2, 0.25) is 4.34 Å². The number of nitrogens with one attached hydrogen (secondary N) is 1. The second kappa shape index (κ2) is 5.98. The van der Waals surface area contributed by atoms with E-state index in [9.17, 15) is 14.4 Å². The van der Waals surface area contributed by atoms with E-state index in [2.05, 4.69) is 10.1 Å². The first-order chi connectivity index (χ1) is 10.9. The SMILES string of the molecule is COC(=O)C(C)NC(=O)c1cn(C2CC2)c2sc(Cl)cc2c1=O. The zero-order valence-electron chi connectivity index (χ0n) is 12.6. The van der Waals surface area contributed by atoms with E-state index in [0.29, 0.717) is 9.72 Å². The number of thiophene rings is 1. The Balaban J connectivity index is 2.03. The Hall–Kier alpha value is -1.86. The maximum absolute atomic E-state index is 12.6. The Morgan fingerprint density at radius 1 is 1.48 bits per heavy atom. The molecule has 3 rings (SSSR count). The van der Waals surface area contributed by atoms with Crippen molar-refractivity contribution < 1.29 is 14.3 Å². The van der Waals surface area contributed by atoms with Gasteiger partial charge in [-0.3, -0.25) is 9.59 Å². The molecule has 1 fully saturated rings. The molecule has 0 aromatic carbocycles. The summed E-state index contributed by atoms with van der Waals surface area (Å²) in [5.74, 6) is -1.16. The zero-order valence-corrected chi connectivity index (χ0v) is 14.2. The van der Waals surface area contributed by atoms with Gasteiger partial charge in [0.25, 0.3) is 5.91 Å². The standard InChI is InChI=1S/C15H15ClN2O4S/c1-7(15(21)22-2)17-13(20)10-6-18(8-3-4-8)14-9(12(10)19)5-11(16)23-14/h5-8H,3-4H2,1-2H3,(H,17,20). The van der Waals surface area contributed by atoms with E-state index in [4.69, 9.17) is 11.6 Å². The first-order valence-electron chi connectivity index (χ1n) is 7.15. The average molecular weight is 355 g/mol. The lowest BCUT2D eigenvalue weighted by molar-refractivity contribution is -0.142. The Morgan fingerprint density at radius 2 is 2.17 bits per heavy atom. The number of aromatic nitrogens is 1. The molecule has 1 atom stereocenters. The summed E-state index contributed by atoms with van der Waals surface area (Å²) in [6.45, 7) is 1.50. The number of nitrogens with zero attached hydrogens (tertiary/aromatic N) is 1. The molecular formula is C15H15ClN2O4S. The van der Waals surface area contributed by atoms with Gasteiger partial charge in [-0.1, -0.05) is 11.6 Å². The first kappa shape index (κ1) is 16.0. The number of hydrogen-bond acceptors (Lipinski definition) is 5. The van der Waals surface area contributed by atoms with Crippen LogP contribution in [0.25, 0.3) is 10.2 Å². The van der Waals surface area contributed by atoms with Crippen molar-refractivity contribution in [1.82, 2.24) is 9.88 Å². The highest BCUT2D eigenvalue weighted by Gasteiger charge is 2.28. The molecule has 6 nitrogen and oxygen atoms in total. The minimum Gasteiger partial charge on any atom is -0.467 e. The molecule has 2 heterocycles. The fraction of sp³-hybridized carbons (Fsp3) is 0.400. The largest absolute Gasteiger partial charge is 0.467 e. The van der Waals surface area contributed by atoms with Gasteiger partial charge >= 0.3 is 5.97 Å². The predicted molar refractivity (Wildman–Crippen MR) is 88.3 cm³/mol. The Bertz CT molecular complexity index is 853. The molecule has 23 heavy (non-hydrogen) atoms. The highest BCUT2D eigenvalue weighted by molar-refractivity contribution is 7.22. The van der Waals surface area contributed by atoms with Gasteiger partial charge in [0.2, 0.25) is 5.43 Å². The Kier molecular flexibility index (Phi) is 4.16. The number of carbonyl (C=O) groups is 2. The molecule has 1 N–H and O–H groups in total. The molecule has 1 saturated carbocycles. The fourth-order valence-corrected chi connectivity index (χ4v) is 3.66. The second-order valence-electron chi connectivity index (χ2n) is 5.50. The summed E-state index contributed by atoms with van der Waals surface area (Å²) >= 11 is 7.36. The minimum absolute atomic E-state index is 0.00891. The molecule has 1 unspecified atom stereocenters. The number of esters is 1. The number of hydrogen-bond donors (Lipinski definition) is 1. The van der Waals surface area contributed by atoms with Crippen LogP contribution < -0.4 is 10.7 Å². The maximum Gasteiger partial charge on any atom is 0.328 e. The molecule has 1 aliphatic rings. The summed E-state index contributed by atoms with van der Waals surface area (Å²) in [7, 11) is 1.24. The molecule has 0 radical (unpaired) electrons. The normalized spacial score (nSPS) is 15.4. The van der Waals surface area contributed by atoms with Gasteiger partial charge in [0, 0.05) is 12.2 Å². The lowest BCUT2D eigenvalue weighted by Gasteiger charge is -2.13. The summed E-state index contributed by atoms with van der Waals surface area (Å²) in [6, 6.07) is 1.05. The summed E-state index contributed by atoms with van der Waals surface area (Å²) < 4.78 is 7.01. The number of methoxy groups -OCH3 is 1. The summed E-state index contributed by atoms with van der Waals surface area (Å²) in [4.78, 5) is 37.1. The number of ether oxygens (including phenoxy) is 1. The third-order valence-electron chi connectivity index (χ3n) is 3.76. The van der Waals surface area contributed by atoms with Crippen LogP contribution >= 0.6 is 22.9 Å². The van der Waals surface area contributed by atoms with Gasteiger partial charge in [-0.05, 0) is 25.8 Å². The number of rotatable bonds is 4. The van der Waals surface area contributed by atoms with Crippen LogP contribution in [0.3, 0.4) is 0 Å². The van der Waals surface area contributed by atoms with Crippen molar-refractivity contribution in [3.8, 4) is 0 Å². The van der Waals surface area contributed by atoms with Gasteiger partial charge in [0.1, 0.15) is 16.4 Å². The molecule has 0 saturated heterocycles. The van der Waals surface area contributed by atoms with E-state index in [1.807, 2.05) is 4.57 Å². The molecule has 8 heteroatoms. The van der Waals surface area contributed by atoms with Crippen molar-refractivity contribution >= 4 is 45.0 Å². The molecule has 2 aromatic rings. The van der Waals surface area contributed by atoms with Gasteiger partial charge in [-0.2, -0.15) is 0 Å². The summed E-state index contributed by atoms with van der Waals surface area (Å²) in [6.07, 6.45) is 3.58. The van der Waals surface area contributed by atoms with Crippen molar-refractivity contribution in [3.05, 3.63) is 32.4 Å². The molecule has 0 aliphatic heterocycles. The average Bonchev–Trinajstić information content (AvgIpc) is 3.27.